The van der Waals surface area contributed by atoms with Crippen molar-refractivity contribution >= 4 is 22.0 Å². The molecule has 2 N–H and O–H groups in total. The van der Waals surface area contributed by atoms with Gasteiger partial charge in [-0.1, -0.05) is 19.3 Å². The molecule has 0 aliphatic heterocycles. The van der Waals surface area contributed by atoms with Crippen molar-refractivity contribution in [1.29, 1.82) is 5.26 Å². The summed E-state index contributed by atoms with van der Waals surface area (Å²) in [5.41, 5.74) is 6.41. The average molecular weight is 279 g/mol. The van der Waals surface area contributed by atoms with Gasteiger partial charge >= 0.3 is 0 Å². The van der Waals surface area contributed by atoms with Gasteiger partial charge in [0.15, 0.2) is 5.75 Å². The minimum Gasteiger partial charge on any atom is -0.492 e. The van der Waals surface area contributed by atoms with Crippen molar-refractivity contribution in [2.45, 2.75) is 32.1 Å². The lowest BCUT2D eigenvalue weighted by Crippen LogP contribution is -2.26. The fraction of sp³-hybridized carbons (Fsp3) is 0.643. The van der Waals surface area contributed by atoms with Crippen molar-refractivity contribution in [3.05, 3.63) is 4.88 Å². The molecule has 1 heterocycles. The summed E-state index contributed by atoms with van der Waals surface area (Å²) in [5.74, 6) is 1.40. The molecule has 0 bridgehead atoms. The molecule has 0 unspecified atom stereocenters. The highest BCUT2D eigenvalue weighted by Gasteiger charge is 2.22. The minimum atomic E-state index is 0.473. The number of hydrogen-bond donors (Lipinski definition) is 1. The van der Waals surface area contributed by atoms with Gasteiger partial charge in [-0.3, -0.25) is 0 Å². The number of nitrogen functional groups attached to an aromatic ring is 1. The van der Waals surface area contributed by atoms with Gasteiger partial charge in [-0.05, 0) is 18.8 Å². The number of methoxy groups -OCH3 is 1. The Bertz CT molecular complexity index is 472. The van der Waals surface area contributed by atoms with Crippen LogP contribution in [0.1, 0.15) is 37.0 Å². The minimum absolute atomic E-state index is 0.473. The molecule has 1 aliphatic rings. The van der Waals surface area contributed by atoms with Crippen molar-refractivity contribution in [2.75, 3.05) is 31.3 Å². The van der Waals surface area contributed by atoms with Crippen LogP contribution in [0.25, 0.3) is 0 Å². The number of anilines is 2. The number of thiophene rings is 1. The van der Waals surface area contributed by atoms with E-state index < -0.39 is 0 Å². The predicted molar refractivity (Wildman–Crippen MR) is 79.8 cm³/mol. The molecule has 0 radical (unpaired) electrons. The van der Waals surface area contributed by atoms with E-state index in [0.29, 0.717) is 16.3 Å². The van der Waals surface area contributed by atoms with Gasteiger partial charge in [0.2, 0.25) is 0 Å². The predicted octanol–water partition coefficient (Wildman–Crippen LogP) is 3.23. The largest absolute Gasteiger partial charge is 0.492 e. The van der Waals surface area contributed by atoms with Crippen molar-refractivity contribution in [3.63, 3.8) is 0 Å². The summed E-state index contributed by atoms with van der Waals surface area (Å²) in [4.78, 5) is 2.73. The maximum absolute atomic E-state index is 9.06. The third kappa shape index (κ3) is 2.95. The fourth-order valence-electron chi connectivity index (χ4n) is 2.79. The third-order valence-corrected chi connectivity index (χ3v) is 5.00. The molecule has 1 aliphatic carbocycles. The Morgan fingerprint density at radius 3 is 2.68 bits per heavy atom. The molecular formula is C14H21N3OS. The molecule has 1 aromatic rings. The Morgan fingerprint density at radius 1 is 1.42 bits per heavy atom. The van der Waals surface area contributed by atoms with Crippen LogP contribution < -0.4 is 15.4 Å². The van der Waals surface area contributed by atoms with E-state index >= 15 is 0 Å². The van der Waals surface area contributed by atoms with Gasteiger partial charge in [-0.2, -0.15) is 5.26 Å². The second-order valence-electron chi connectivity index (χ2n) is 5.18. The molecule has 0 saturated heterocycles. The monoisotopic (exact) mass is 279 g/mol. The maximum atomic E-state index is 9.06. The molecule has 0 amide bonds. The van der Waals surface area contributed by atoms with Crippen LogP contribution in [-0.2, 0) is 0 Å². The zero-order chi connectivity index (χ0) is 13.8. The van der Waals surface area contributed by atoms with Gasteiger partial charge in [-0.25, -0.2) is 0 Å². The lowest BCUT2D eigenvalue weighted by Gasteiger charge is -2.27. The Labute approximate surface area is 118 Å². The van der Waals surface area contributed by atoms with Crippen LogP contribution in [0.15, 0.2) is 0 Å². The highest BCUT2D eigenvalue weighted by molar-refractivity contribution is 7.17. The topological polar surface area (TPSA) is 62.3 Å². The van der Waals surface area contributed by atoms with Crippen molar-refractivity contribution in [3.8, 4) is 11.8 Å². The summed E-state index contributed by atoms with van der Waals surface area (Å²) in [7, 11) is 3.67. The van der Waals surface area contributed by atoms with E-state index in [-0.39, 0.29) is 0 Å². The van der Waals surface area contributed by atoms with Crippen molar-refractivity contribution < 1.29 is 4.74 Å². The van der Waals surface area contributed by atoms with Gasteiger partial charge in [0.25, 0.3) is 0 Å². The number of hydrogen-bond acceptors (Lipinski definition) is 5. The quantitative estimate of drug-likeness (QED) is 0.919. The van der Waals surface area contributed by atoms with E-state index in [0.717, 1.165) is 17.5 Å². The first-order chi connectivity index (χ1) is 9.17. The molecule has 104 valence electrons. The molecule has 5 heteroatoms. The lowest BCUT2D eigenvalue weighted by atomic mass is 9.89. The van der Waals surface area contributed by atoms with Crippen LogP contribution in [0.3, 0.4) is 0 Å². The van der Waals surface area contributed by atoms with Gasteiger partial charge in [-0.15, -0.1) is 11.3 Å². The summed E-state index contributed by atoms with van der Waals surface area (Å²) in [6.07, 6.45) is 6.66. The van der Waals surface area contributed by atoms with Crippen LogP contribution in [-0.4, -0.2) is 20.7 Å². The van der Waals surface area contributed by atoms with Crippen LogP contribution >= 0.6 is 11.3 Å². The standard InChI is InChI=1S/C14H21N3OS/c1-17(9-10-6-4-3-5-7-10)14-13(18-2)12(16)11(8-15)19-14/h10H,3-7,9,16H2,1-2H3. The van der Waals surface area contributed by atoms with E-state index in [1.165, 1.54) is 43.4 Å². The fourth-order valence-corrected chi connectivity index (χ4v) is 3.75. The van der Waals surface area contributed by atoms with Crippen LogP contribution in [0.4, 0.5) is 10.7 Å². The highest BCUT2D eigenvalue weighted by Crippen LogP contribution is 2.44. The van der Waals surface area contributed by atoms with Gasteiger partial charge < -0.3 is 15.4 Å². The number of ether oxygens (including phenoxy) is 1. The summed E-state index contributed by atoms with van der Waals surface area (Å²) >= 11 is 1.42. The zero-order valence-corrected chi connectivity index (χ0v) is 12.4. The zero-order valence-electron chi connectivity index (χ0n) is 11.6. The van der Waals surface area contributed by atoms with E-state index in [1.54, 1.807) is 7.11 Å². The molecule has 0 spiro atoms. The lowest BCUT2D eigenvalue weighted by molar-refractivity contribution is 0.361. The highest BCUT2D eigenvalue weighted by atomic mass is 32.1. The summed E-state index contributed by atoms with van der Waals surface area (Å²) in [6, 6.07) is 2.14. The molecule has 0 atom stereocenters. The SMILES string of the molecule is COc1c(N(C)CC2CCCCC2)sc(C#N)c1N. The van der Waals surface area contributed by atoms with E-state index in [9.17, 15) is 0 Å². The smallest absolute Gasteiger partial charge is 0.177 e. The first-order valence-corrected chi connectivity index (χ1v) is 7.56. The molecule has 1 saturated carbocycles. The van der Waals surface area contributed by atoms with Crippen LogP contribution in [0.5, 0.6) is 5.75 Å². The molecule has 19 heavy (non-hydrogen) atoms. The summed E-state index contributed by atoms with van der Waals surface area (Å²) < 4.78 is 5.36. The molecule has 4 nitrogen and oxygen atoms in total. The van der Waals surface area contributed by atoms with Crippen LogP contribution in [0.2, 0.25) is 0 Å². The third-order valence-electron chi connectivity index (χ3n) is 3.79. The number of nitrogens with zero attached hydrogens (tertiary/aromatic N) is 2. The second kappa shape index (κ2) is 6.16. The molecule has 0 aromatic carbocycles. The van der Waals surface area contributed by atoms with Gasteiger partial charge in [0.1, 0.15) is 21.6 Å². The molecule has 2 rings (SSSR count). The number of rotatable bonds is 4. The first-order valence-electron chi connectivity index (χ1n) is 6.74. The van der Waals surface area contributed by atoms with E-state index in [2.05, 4.69) is 18.0 Å². The first kappa shape index (κ1) is 14.0. The Balaban J connectivity index is 2.14. The number of nitrogens with two attached hydrogens (primary N) is 1. The summed E-state index contributed by atoms with van der Waals surface area (Å²) in [6.45, 7) is 1.02. The normalized spacial score (nSPS) is 16.1. The van der Waals surface area contributed by atoms with Crippen LogP contribution in [0, 0.1) is 17.2 Å². The Hall–Kier alpha value is -1.41. The summed E-state index contributed by atoms with van der Waals surface area (Å²) in [5, 5.41) is 10.0. The van der Waals surface area contributed by atoms with Crippen molar-refractivity contribution in [2.24, 2.45) is 5.92 Å². The Morgan fingerprint density at radius 2 is 2.11 bits per heavy atom. The average Bonchev–Trinajstić information content (AvgIpc) is 2.76. The van der Waals surface area contributed by atoms with E-state index in [1.807, 2.05) is 0 Å². The molecule has 1 fully saturated rings. The van der Waals surface area contributed by atoms with Crippen molar-refractivity contribution in [1.82, 2.24) is 0 Å². The van der Waals surface area contributed by atoms with E-state index in [4.69, 9.17) is 15.7 Å². The Kier molecular flexibility index (Phi) is 4.54. The maximum Gasteiger partial charge on any atom is 0.177 e. The number of nitriles is 1. The second-order valence-corrected chi connectivity index (χ2v) is 6.18. The van der Waals surface area contributed by atoms with Gasteiger partial charge in [0.05, 0.1) is 7.11 Å². The molecular weight excluding hydrogens is 258 g/mol. The molecule has 1 aromatic heterocycles. The van der Waals surface area contributed by atoms with Gasteiger partial charge in [0, 0.05) is 13.6 Å².